The van der Waals surface area contributed by atoms with E-state index in [9.17, 15) is 13.2 Å². The van der Waals surface area contributed by atoms with Gasteiger partial charge in [-0.3, -0.25) is 4.79 Å². The molecule has 0 fully saturated rings. The lowest BCUT2D eigenvalue weighted by Crippen LogP contribution is -2.27. The lowest BCUT2D eigenvalue weighted by Gasteiger charge is -2.15. The molecule has 0 unspecified atom stereocenters. The molecular weight excluding hydrogens is 436 g/mol. The summed E-state index contributed by atoms with van der Waals surface area (Å²) in [5.74, 6) is 0.709. The van der Waals surface area contributed by atoms with Gasteiger partial charge in [0.05, 0.1) is 18.0 Å². The summed E-state index contributed by atoms with van der Waals surface area (Å²) in [6, 6.07) is 23.2. The second-order valence-corrected chi connectivity index (χ2v) is 9.67. The van der Waals surface area contributed by atoms with Gasteiger partial charge in [-0.15, -0.1) is 0 Å². The Bertz CT molecular complexity index is 1150. The molecule has 0 heterocycles. The Morgan fingerprint density at radius 1 is 0.848 bits per heavy atom. The van der Waals surface area contributed by atoms with Crippen LogP contribution in [-0.2, 0) is 21.2 Å². The van der Waals surface area contributed by atoms with Crippen LogP contribution in [0, 0.1) is 0 Å². The number of nitrogens with one attached hydrogen (secondary N) is 2. The lowest BCUT2D eigenvalue weighted by atomic mass is 10.1. The highest BCUT2D eigenvalue weighted by Crippen LogP contribution is 2.19. The van der Waals surface area contributed by atoms with E-state index in [1.54, 1.807) is 31.4 Å². The van der Waals surface area contributed by atoms with Gasteiger partial charge in [-0.1, -0.05) is 54.6 Å². The minimum absolute atomic E-state index is 0.0617. The minimum atomic E-state index is -3.65. The number of rotatable bonds is 10. The van der Waals surface area contributed by atoms with Crippen LogP contribution in [0.25, 0.3) is 0 Å². The van der Waals surface area contributed by atoms with Gasteiger partial charge >= 0.3 is 0 Å². The summed E-state index contributed by atoms with van der Waals surface area (Å²) >= 11 is 0. The number of amides is 1. The maximum atomic E-state index is 12.7. The van der Waals surface area contributed by atoms with Crippen LogP contribution >= 0.6 is 0 Å². The smallest absolute Gasteiger partial charge is 0.241 e. The molecule has 0 radical (unpaired) electrons. The summed E-state index contributed by atoms with van der Waals surface area (Å²) in [6.07, 6.45) is 0.839. The fourth-order valence-electron chi connectivity index (χ4n) is 3.49. The summed E-state index contributed by atoms with van der Waals surface area (Å²) in [4.78, 5) is 12.6. The molecule has 0 aliphatic carbocycles. The van der Waals surface area contributed by atoms with Crippen molar-refractivity contribution in [1.82, 2.24) is 10.0 Å². The van der Waals surface area contributed by atoms with Gasteiger partial charge in [0.1, 0.15) is 5.75 Å². The third kappa shape index (κ3) is 6.91. The molecule has 0 saturated carbocycles. The molecule has 174 valence electrons. The first kappa shape index (κ1) is 24.5. The van der Waals surface area contributed by atoms with E-state index in [2.05, 4.69) is 10.0 Å². The first-order valence-electron chi connectivity index (χ1n) is 10.9. The molecule has 3 rings (SSSR count). The lowest BCUT2D eigenvalue weighted by molar-refractivity contribution is -0.121. The number of methoxy groups -OCH3 is 1. The van der Waals surface area contributed by atoms with Crippen molar-refractivity contribution < 1.29 is 17.9 Å². The van der Waals surface area contributed by atoms with E-state index in [0.29, 0.717) is 12.8 Å². The van der Waals surface area contributed by atoms with Gasteiger partial charge in [-0.05, 0) is 61.2 Å². The van der Waals surface area contributed by atoms with E-state index in [0.717, 1.165) is 22.4 Å². The highest BCUT2D eigenvalue weighted by Gasteiger charge is 2.18. The van der Waals surface area contributed by atoms with Gasteiger partial charge < -0.3 is 10.1 Å². The van der Waals surface area contributed by atoms with Gasteiger partial charge in [0.2, 0.25) is 15.9 Å². The molecule has 0 aromatic heterocycles. The number of sulfonamides is 1. The minimum Gasteiger partial charge on any atom is -0.497 e. The molecule has 3 aromatic rings. The third-order valence-electron chi connectivity index (χ3n) is 5.50. The third-order valence-corrected chi connectivity index (χ3v) is 7.06. The molecule has 3 aromatic carbocycles. The first-order chi connectivity index (χ1) is 15.8. The van der Waals surface area contributed by atoms with Crippen molar-refractivity contribution in [2.24, 2.45) is 0 Å². The molecule has 0 spiro atoms. The van der Waals surface area contributed by atoms with Crippen LogP contribution in [-0.4, -0.2) is 21.4 Å². The Labute approximate surface area is 196 Å². The average Bonchev–Trinajstić information content (AvgIpc) is 2.83. The van der Waals surface area contributed by atoms with Crippen LogP contribution in [0.3, 0.4) is 0 Å². The van der Waals surface area contributed by atoms with Crippen LogP contribution < -0.4 is 14.8 Å². The highest BCUT2D eigenvalue weighted by atomic mass is 32.2. The van der Waals surface area contributed by atoms with Crippen LogP contribution in [0.15, 0.2) is 83.8 Å². The van der Waals surface area contributed by atoms with Crippen molar-refractivity contribution >= 4 is 15.9 Å². The van der Waals surface area contributed by atoms with E-state index in [4.69, 9.17) is 4.74 Å². The number of carbonyl (C=O) groups is 1. The van der Waals surface area contributed by atoms with Gasteiger partial charge in [0.25, 0.3) is 0 Å². The van der Waals surface area contributed by atoms with E-state index in [-0.39, 0.29) is 22.9 Å². The van der Waals surface area contributed by atoms with Gasteiger partial charge in [-0.2, -0.15) is 0 Å². The fourth-order valence-corrected chi connectivity index (χ4v) is 4.73. The van der Waals surface area contributed by atoms with Crippen molar-refractivity contribution in [3.8, 4) is 5.75 Å². The monoisotopic (exact) mass is 466 g/mol. The molecule has 1 amide bonds. The SMILES string of the molecule is COc1ccc([C@H](C)NC(=O)CCc2ccc(S(=O)(=O)N[C@@H](C)c3ccccc3)cc2)cc1. The first-order valence-corrected chi connectivity index (χ1v) is 12.4. The zero-order valence-corrected chi connectivity index (χ0v) is 19.9. The molecule has 0 saturated heterocycles. The van der Waals surface area contributed by atoms with Crippen molar-refractivity contribution in [2.45, 2.75) is 43.7 Å². The topological polar surface area (TPSA) is 84.5 Å². The second kappa shape index (κ2) is 11.1. The Morgan fingerprint density at radius 2 is 1.45 bits per heavy atom. The molecule has 33 heavy (non-hydrogen) atoms. The summed E-state index contributed by atoms with van der Waals surface area (Å²) in [5, 5.41) is 2.99. The van der Waals surface area contributed by atoms with Crippen LogP contribution in [0.5, 0.6) is 5.75 Å². The fraction of sp³-hybridized carbons (Fsp3) is 0.269. The van der Waals surface area contributed by atoms with E-state index in [1.807, 2.05) is 68.4 Å². The summed E-state index contributed by atoms with van der Waals surface area (Å²) in [6.45, 7) is 3.75. The molecule has 0 aliphatic rings. The zero-order chi connectivity index (χ0) is 23.8. The second-order valence-electron chi connectivity index (χ2n) is 7.96. The van der Waals surface area contributed by atoms with Crippen LogP contribution in [0.4, 0.5) is 0 Å². The standard InChI is InChI=1S/C26H30N2O4S/c1-19(23-12-14-24(32-3)15-13-23)27-26(29)18-11-21-9-16-25(17-10-21)33(30,31)28-20(2)22-7-5-4-6-8-22/h4-10,12-17,19-20,28H,11,18H2,1-3H3,(H,27,29)/t19-,20-/m0/s1. The Balaban J connectivity index is 1.52. The molecular formula is C26H30N2O4S. The maximum Gasteiger partial charge on any atom is 0.241 e. The predicted molar refractivity (Wildman–Crippen MR) is 129 cm³/mol. The summed E-state index contributed by atoms with van der Waals surface area (Å²) in [7, 11) is -2.03. The molecule has 2 N–H and O–H groups in total. The Kier molecular flexibility index (Phi) is 8.25. The quantitative estimate of drug-likeness (QED) is 0.459. The number of ether oxygens (including phenoxy) is 1. The van der Waals surface area contributed by atoms with Crippen LogP contribution in [0.1, 0.15) is 49.0 Å². The van der Waals surface area contributed by atoms with Crippen molar-refractivity contribution in [3.05, 3.63) is 95.6 Å². The number of aryl methyl sites for hydroxylation is 1. The Morgan fingerprint density at radius 3 is 2.06 bits per heavy atom. The number of benzene rings is 3. The average molecular weight is 467 g/mol. The largest absolute Gasteiger partial charge is 0.497 e. The normalized spacial score (nSPS) is 13.2. The molecule has 6 nitrogen and oxygen atoms in total. The number of carbonyl (C=O) groups excluding carboxylic acids is 1. The molecule has 0 bridgehead atoms. The zero-order valence-electron chi connectivity index (χ0n) is 19.1. The summed E-state index contributed by atoms with van der Waals surface area (Å²) in [5.41, 5.74) is 2.79. The van der Waals surface area contributed by atoms with E-state index >= 15 is 0 Å². The maximum absolute atomic E-state index is 12.7. The Hall–Kier alpha value is -3.16. The predicted octanol–water partition coefficient (Wildman–Crippen LogP) is 4.54. The number of hydrogen-bond acceptors (Lipinski definition) is 4. The molecule has 2 atom stereocenters. The van der Waals surface area contributed by atoms with Crippen molar-refractivity contribution in [2.75, 3.05) is 7.11 Å². The van der Waals surface area contributed by atoms with E-state index in [1.165, 1.54) is 0 Å². The van der Waals surface area contributed by atoms with Crippen molar-refractivity contribution in [1.29, 1.82) is 0 Å². The number of hydrogen-bond donors (Lipinski definition) is 2. The van der Waals surface area contributed by atoms with Crippen molar-refractivity contribution in [3.63, 3.8) is 0 Å². The van der Waals surface area contributed by atoms with Gasteiger partial charge in [-0.25, -0.2) is 13.1 Å². The summed E-state index contributed by atoms with van der Waals surface area (Å²) < 4.78 is 33.3. The highest BCUT2D eigenvalue weighted by molar-refractivity contribution is 7.89. The van der Waals surface area contributed by atoms with E-state index < -0.39 is 10.0 Å². The molecule has 7 heteroatoms. The van der Waals surface area contributed by atoms with Gasteiger partial charge in [0, 0.05) is 12.5 Å². The molecule has 0 aliphatic heterocycles. The van der Waals surface area contributed by atoms with Crippen LogP contribution in [0.2, 0.25) is 0 Å². The van der Waals surface area contributed by atoms with Gasteiger partial charge in [0.15, 0.2) is 0 Å².